The minimum atomic E-state index is 0.471. The molecule has 0 saturated heterocycles. The molecule has 0 radical (unpaired) electrons. The minimum absolute atomic E-state index is 0.471. The van der Waals surface area contributed by atoms with Gasteiger partial charge >= 0.3 is 0 Å². The Morgan fingerprint density at radius 2 is 2.36 bits per heavy atom. The molecule has 0 aromatic carbocycles. The maximum Gasteiger partial charge on any atom is 0.132 e. The Bertz CT molecular complexity index is 250. The SMILES string of the molecule is CCOc1cc(Cl)ncc1C. The molecule has 0 aliphatic carbocycles. The van der Waals surface area contributed by atoms with Gasteiger partial charge in [-0.2, -0.15) is 0 Å². The first kappa shape index (κ1) is 8.34. The molecule has 0 fully saturated rings. The van der Waals surface area contributed by atoms with Crippen LogP contribution in [0.3, 0.4) is 0 Å². The van der Waals surface area contributed by atoms with Crippen molar-refractivity contribution in [3.8, 4) is 5.75 Å². The highest BCUT2D eigenvalue weighted by Gasteiger charge is 1.99. The zero-order valence-electron chi connectivity index (χ0n) is 6.60. The van der Waals surface area contributed by atoms with E-state index in [2.05, 4.69) is 4.98 Å². The van der Waals surface area contributed by atoms with Crippen molar-refractivity contribution in [3.63, 3.8) is 0 Å². The normalized spacial score (nSPS) is 9.73. The Kier molecular flexibility index (Phi) is 2.71. The molecule has 1 aromatic heterocycles. The first-order valence-corrected chi connectivity index (χ1v) is 3.86. The quantitative estimate of drug-likeness (QED) is 0.638. The number of halogens is 1. The van der Waals surface area contributed by atoms with Crippen molar-refractivity contribution < 1.29 is 4.74 Å². The number of rotatable bonds is 2. The van der Waals surface area contributed by atoms with Crippen LogP contribution in [-0.2, 0) is 0 Å². The summed E-state index contributed by atoms with van der Waals surface area (Å²) in [6, 6.07) is 1.72. The molecule has 1 heterocycles. The molecule has 3 heteroatoms. The third-order valence-corrected chi connectivity index (χ3v) is 1.53. The van der Waals surface area contributed by atoms with Crippen molar-refractivity contribution in [1.82, 2.24) is 4.98 Å². The number of hydrogen-bond acceptors (Lipinski definition) is 2. The standard InChI is InChI=1S/C8H10ClNO/c1-3-11-7-4-8(9)10-5-6(7)2/h4-5H,3H2,1-2H3. The van der Waals surface area contributed by atoms with Crippen LogP contribution in [0.1, 0.15) is 12.5 Å². The van der Waals surface area contributed by atoms with Gasteiger partial charge in [0.1, 0.15) is 10.9 Å². The molecule has 0 spiro atoms. The van der Waals surface area contributed by atoms with Crippen LogP contribution in [0.15, 0.2) is 12.3 Å². The molecule has 0 amide bonds. The molecule has 60 valence electrons. The summed E-state index contributed by atoms with van der Waals surface area (Å²) in [5.41, 5.74) is 1.01. The molecule has 0 saturated carbocycles. The Morgan fingerprint density at radius 1 is 1.64 bits per heavy atom. The van der Waals surface area contributed by atoms with E-state index in [1.165, 1.54) is 0 Å². The van der Waals surface area contributed by atoms with Gasteiger partial charge in [-0.15, -0.1) is 0 Å². The number of aromatic nitrogens is 1. The van der Waals surface area contributed by atoms with Gasteiger partial charge in [0.25, 0.3) is 0 Å². The zero-order valence-corrected chi connectivity index (χ0v) is 7.35. The first-order chi connectivity index (χ1) is 5.24. The van der Waals surface area contributed by atoms with Gasteiger partial charge in [-0.3, -0.25) is 0 Å². The average Bonchev–Trinajstić information content (AvgIpc) is 1.98. The van der Waals surface area contributed by atoms with Crippen LogP contribution in [0, 0.1) is 6.92 Å². The third kappa shape index (κ3) is 2.09. The van der Waals surface area contributed by atoms with Crippen molar-refractivity contribution >= 4 is 11.6 Å². The van der Waals surface area contributed by atoms with Gasteiger partial charge in [0.15, 0.2) is 0 Å². The fourth-order valence-electron chi connectivity index (χ4n) is 0.792. The topological polar surface area (TPSA) is 22.1 Å². The van der Waals surface area contributed by atoms with E-state index in [0.717, 1.165) is 11.3 Å². The van der Waals surface area contributed by atoms with E-state index < -0.39 is 0 Å². The summed E-state index contributed by atoms with van der Waals surface area (Å²) in [5.74, 6) is 0.813. The van der Waals surface area contributed by atoms with Gasteiger partial charge < -0.3 is 4.74 Å². The smallest absolute Gasteiger partial charge is 0.132 e. The van der Waals surface area contributed by atoms with E-state index >= 15 is 0 Å². The second kappa shape index (κ2) is 3.58. The van der Waals surface area contributed by atoms with E-state index in [0.29, 0.717) is 11.8 Å². The van der Waals surface area contributed by atoms with Gasteiger partial charge in [-0.05, 0) is 13.8 Å². The molecule has 0 aliphatic rings. The van der Waals surface area contributed by atoms with Crippen LogP contribution in [0.5, 0.6) is 5.75 Å². The maximum absolute atomic E-state index is 5.66. The first-order valence-electron chi connectivity index (χ1n) is 3.49. The Morgan fingerprint density at radius 3 is 3.00 bits per heavy atom. The average molecular weight is 172 g/mol. The molecular weight excluding hydrogens is 162 g/mol. The summed E-state index contributed by atoms with van der Waals surface area (Å²) in [6.45, 7) is 4.53. The molecule has 0 atom stereocenters. The highest BCUT2D eigenvalue weighted by molar-refractivity contribution is 6.29. The molecule has 0 unspecified atom stereocenters. The third-order valence-electron chi connectivity index (χ3n) is 1.32. The number of ether oxygens (including phenoxy) is 1. The lowest BCUT2D eigenvalue weighted by atomic mass is 10.3. The second-order valence-corrected chi connectivity index (χ2v) is 2.59. The Balaban J connectivity index is 2.93. The molecular formula is C8H10ClNO. The summed E-state index contributed by atoms with van der Waals surface area (Å²) >= 11 is 5.66. The summed E-state index contributed by atoms with van der Waals surface area (Å²) in [5, 5.41) is 0.471. The van der Waals surface area contributed by atoms with E-state index in [-0.39, 0.29) is 0 Å². The Hall–Kier alpha value is -0.760. The monoisotopic (exact) mass is 171 g/mol. The van der Waals surface area contributed by atoms with Gasteiger partial charge in [0.05, 0.1) is 6.61 Å². The fourth-order valence-corrected chi connectivity index (χ4v) is 0.940. The van der Waals surface area contributed by atoms with Crippen LogP contribution in [0.2, 0.25) is 5.15 Å². The maximum atomic E-state index is 5.66. The largest absolute Gasteiger partial charge is 0.493 e. The predicted molar refractivity (Wildman–Crippen MR) is 45.2 cm³/mol. The summed E-state index contributed by atoms with van der Waals surface area (Å²) in [4.78, 5) is 3.91. The minimum Gasteiger partial charge on any atom is -0.493 e. The van der Waals surface area contributed by atoms with Crippen LogP contribution < -0.4 is 4.74 Å². The van der Waals surface area contributed by atoms with Gasteiger partial charge in [-0.25, -0.2) is 4.98 Å². The number of nitrogens with zero attached hydrogens (tertiary/aromatic N) is 1. The molecule has 1 rings (SSSR count). The highest BCUT2D eigenvalue weighted by atomic mass is 35.5. The summed E-state index contributed by atoms with van der Waals surface area (Å²) in [7, 11) is 0. The molecule has 0 aliphatic heterocycles. The van der Waals surface area contributed by atoms with E-state index in [4.69, 9.17) is 16.3 Å². The van der Waals surface area contributed by atoms with Gasteiger partial charge in [0, 0.05) is 17.8 Å². The lowest BCUT2D eigenvalue weighted by Crippen LogP contribution is -1.94. The molecule has 0 N–H and O–H groups in total. The summed E-state index contributed by atoms with van der Waals surface area (Å²) in [6.07, 6.45) is 1.70. The van der Waals surface area contributed by atoms with E-state index in [9.17, 15) is 0 Å². The molecule has 1 aromatic rings. The predicted octanol–water partition coefficient (Wildman–Crippen LogP) is 2.44. The van der Waals surface area contributed by atoms with Crippen LogP contribution in [0.4, 0.5) is 0 Å². The number of hydrogen-bond donors (Lipinski definition) is 0. The van der Waals surface area contributed by atoms with Gasteiger partial charge in [0.2, 0.25) is 0 Å². The molecule has 2 nitrogen and oxygen atoms in total. The van der Waals surface area contributed by atoms with E-state index in [1.54, 1.807) is 12.3 Å². The van der Waals surface area contributed by atoms with Crippen molar-refractivity contribution in [3.05, 3.63) is 23.0 Å². The lowest BCUT2D eigenvalue weighted by molar-refractivity contribution is 0.337. The van der Waals surface area contributed by atoms with Crippen LogP contribution in [-0.4, -0.2) is 11.6 Å². The van der Waals surface area contributed by atoms with Crippen molar-refractivity contribution in [2.75, 3.05) is 6.61 Å². The second-order valence-electron chi connectivity index (χ2n) is 2.21. The number of pyridine rings is 1. The van der Waals surface area contributed by atoms with Crippen molar-refractivity contribution in [2.24, 2.45) is 0 Å². The molecule has 11 heavy (non-hydrogen) atoms. The van der Waals surface area contributed by atoms with Crippen molar-refractivity contribution in [1.29, 1.82) is 0 Å². The Labute approximate surface area is 71.2 Å². The highest BCUT2D eigenvalue weighted by Crippen LogP contribution is 2.19. The van der Waals surface area contributed by atoms with E-state index in [1.807, 2.05) is 13.8 Å². The van der Waals surface area contributed by atoms with Crippen LogP contribution in [0.25, 0.3) is 0 Å². The summed E-state index contributed by atoms with van der Waals surface area (Å²) < 4.78 is 5.29. The molecule has 0 bridgehead atoms. The number of aryl methyl sites for hydroxylation is 1. The fraction of sp³-hybridized carbons (Fsp3) is 0.375. The van der Waals surface area contributed by atoms with Crippen molar-refractivity contribution in [2.45, 2.75) is 13.8 Å². The van der Waals surface area contributed by atoms with Gasteiger partial charge in [-0.1, -0.05) is 11.6 Å². The zero-order chi connectivity index (χ0) is 8.27. The van der Waals surface area contributed by atoms with Crippen LogP contribution >= 0.6 is 11.6 Å². The lowest BCUT2D eigenvalue weighted by Gasteiger charge is -2.05.